The van der Waals surface area contributed by atoms with E-state index in [9.17, 15) is 9.90 Å². The maximum Gasteiger partial charge on any atom is 0.249 e. The molecule has 0 atom stereocenters. The highest BCUT2D eigenvalue weighted by atomic mass is 16.5. The first-order valence-electron chi connectivity index (χ1n) is 4.83. The molecule has 0 aliphatic heterocycles. The van der Waals surface area contributed by atoms with Gasteiger partial charge in [-0.1, -0.05) is 6.92 Å². The number of benzene rings is 1. The van der Waals surface area contributed by atoms with E-state index in [1.807, 2.05) is 6.92 Å². The zero-order valence-corrected chi connectivity index (χ0v) is 9.53. The molecule has 0 radical (unpaired) electrons. The number of phenols is 1. The van der Waals surface area contributed by atoms with Crippen molar-refractivity contribution in [3.05, 3.63) is 17.2 Å². The number of rotatable bonds is 4. The highest BCUT2D eigenvalue weighted by Crippen LogP contribution is 2.41. The van der Waals surface area contributed by atoms with Gasteiger partial charge >= 0.3 is 0 Å². The molecule has 0 unspecified atom stereocenters. The van der Waals surface area contributed by atoms with Crippen molar-refractivity contribution < 1.29 is 19.4 Å². The van der Waals surface area contributed by atoms with Gasteiger partial charge in [0, 0.05) is 11.1 Å². The summed E-state index contributed by atoms with van der Waals surface area (Å²) in [6, 6.07) is 1.42. The van der Waals surface area contributed by atoms with E-state index in [4.69, 9.17) is 15.2 Å². The molecule has 0 spiro atoms. The van der Waals surface area contributed by atoms with Crippen molar-refractivity contribution in [3.8, 4) is 17.2 Å². The minimum Gasteiger partial charge on any atom is -0.502 e. The summed E-state index contributed by atoms with van der Waals surface area (Å²) < 4.78 is 10.0. The number of primary amides is 1. The molecule has 1 amide bonds. The molecule has 0 saturated carbocycles. The molecule has 0 bridgehead atoms. The number of hydrogen-bond acceptors (Lipinski definition) is 4. The van der Waals surface area contributed by atoms with Crippen LogP contribution in [0.25, 0.3) is 0 Å². The molecule has 88 valence electrons. The van der Waals surface area contributed by atoms with Crippen LogP contribution in [0.2, 0.25) is 0 Å². The summed E-state index contributed by atoms with van der Waals surface area (Å²) in [6.07, 6.45) is 0.527. The average molecular weight is 225 g/mol. The Hall–Kier alpha value is -1.91. The van der Waals surface area contributed by atoms with Crippen molar-refractivity contribution in [1.82, 2.24) is 0 Å². The molecule has 3 N–H and O–H groups in total. The number of carbonyl (C=O) groups is 1. The van der Waals surface area contributed by atoms with Gasteiger partial charge in [0.1, 0.15) is 0 Å². The van der Waals surface area contributed by atoms with Crippen molar-refractivity contribution >= 4 is 5.91 Å². The van der Waals surface area contributed by atoms with Crippen LogP contribution in [-0.4, -0.2) is 25.2 Å². The molecular formula is C11H15NO4. The second kappa shape index (κ2) is 4.74. The Labute approximate surface area is 93.8 Å². The lowest BCUT2D eigenvalue weighted by Crippen LogP contribution is -2.14. The van der Waals surface area contributed by atoms with Gasteiger partial charge in [-0.2, -0.15) is 0 Å². The molecule has 1 rings (SSSR count). The van der Waals surface area contributed by atoms with Crippen LogP contribution in [0.1, 0.15) is 22.8 Å². The van der Waals surface area contributed by atoms with Gasteiger partial charge in [0.05, 0.1) is 14.2 Å². The minimum atomic E-state index is -0.576. The highest BCUT2D eigenvalue weighted by molar-refractivity contribution is 5.96. The fourth-order valence-corrected chi connectivity index (χ4v) is 1.61. The Bertz CT molecular complexity index is 415. The average Bonchev–Trinajstić information content (AvgIpc) is 2.27. The van der Waals surface area contributed by atoms with Gasteiger partial charge in [-0.3, -0.25) is 4.79 Å². The second-order valence-electron chi connectivity index (χ2n) is 3.20. The van der Waals surface area contributed by atoms with Crippen LogP contribution < -0.4 is 15.2 Å². The van der Waals surface area contributed by atoms with Crippen LogP contribution in [0.4, 0.5) is 0 Å². The molecule has 1 aromatic rings. The number of ether oxygens (including phenoxy) is 2. The first-order valence-corrected chi connectivity index (χ1v) is 4.83. The predicted octanol–water partition coefficient (Wildman–Crippen LogP) is 1.07. The molecule has 0 saturated heterocycles. The molecule has 0 aliphatic carbocycles. The molecular weight excluding hydrogens is 210 g/mol. The van der Waals surface area contributed by atoms with Gasteiger partial charge in [0.15, 0.2) is 11.5 Å². The first-order chi connectivity index (χ1) is 7.56. The highest BCUT2D eigenvalue weighted by Gasteiger charge is 2.20. The first kappa shape index (κ1) is 12.2. The third-order valence-electron chi connectivity index (χ3n) is 2.37. The van der Waals surface area contributed by atoms with Gasteiger partial charge < -0.3 is 20.3 Å². The van der Waals surface area contributed by atoms with E-state index >= 15 is 0 Å². The number of hydrogen-bond donors (Lipinski definition) is 2. The quantitative estimate of drug-likeness (QED) is 0.803. The van der Waals surface area contributed by atoms with Gasteiger partial charge in [-0.15, -0.1) is 0 Å². The molecule has 0 aromatic heterocycles. The van der Waals surface area contributed by atoms with E-state index < -0.39 is 5.91 Å². The predicted molar refractivity (Wildman–Crippen MR) is 59.1 cm³/mol. The summed E-state index contributed by atoms with van der Waals surface area (Å²) in [4.78, 5) is 11.3. The molecule has 5 heteroatoms. The van der Waals surface area contributed by atoms with Crippen LogP contribution in [0.5, 0.6) is 17.2 Å². The van der Waals surface area contributed by atoms with E-state index in [0.29, 0.717) is 17.5 Å². The lowest BCUT2D eigenvalue weighted by molar-refractivity contribution is 0.0998. The van der Waals surface area contributed by atoms with E-state index in [1.165, 1.54) is 20.3 Å². The Balaban J connectivity index is 3.56. The van der Waals surface area contributed by atoms with E-state index in [1.54, 1.807) is 0 Å². The molecule has 0 heterocycles. The standard InChI is InChI=1S/C11H15NO4/c1-4-6-7(11(12)14)5-8(15-2)9(13)10(6)16-3/h5,13H,4H2,1-3H3,(H2,12,14). The van der Waals surface area contributed by atoms with Crippen molar-refractivity contribution in [3.63, 3.8) is 0 Å². The Morgan fingerprint density at radius 3 is 2.44 bits per heavy atom. The summed E-state index contributed by atoms with van der Waals surface area (Å²) in [5.41, 5.74) is 6.13. The van der Waals surface area contributed by atoms with Crippen LogP contribution in [0, 0.1) is 0 Å². The Morgan fingerprint density at radius 1 is 1.44 bits per heavy atom. The number of carbonyl (C=O) groups excluding carboxylic acids is 1. The van der Waals surface area contributed by atoms with Gasteiger partial charge in [-0.25, -0.2) is 0 Å². The summed E-state index contributed by atoms with van der Waals surface area (Å²) in [7, 11) is 2.81. The Morgan fingerprint density at radius 2 is 2.06 bits per heavy atom. The fourth-order valence-electron chi connectivity index (χ4n) is 1.61. The van der Waals surface area contributed by atoms with Gasteiger partial charge in [0.25, 0.3) is 0 Å². The van der Waals surface area contributed by atoms with Crippen molar-refractivity contribution in [2.45, 2.75) is 13.3 Å². The van der Waals surface area contributed by atoms with Crippen LogP contribution in [-0.2, 0) is 6.42 Å². The number of amides is 1. The topological polar surface area (TPSA) is 81.8 Å². The van der Waals surface area contributed by atoms with Crippen LogP contribution >= 0.6 is 0 Å². The smallest absolute Gasteiger partial charge is 0.249 e. The molecule has 5 nitrogen and oxygen atoms in total. The number of methoxy groups -OCH3 is 2. The second-order valence-corrected chi connectivity index (χ2v) is 3.20. The fraction of sp³-hybridized carbons (Fsp3) is 0.364. The third kappa shape index (κ3) is 1.88. The van der Waals surface area contributed by atoms with E-state index in [-0.39, 0.29) is 17.2 Å². The van der Waals surface area contributed by atoms with Crippen molar-refractivity contribution in [2.24, 2.45) is 5.73 Å². The van der Waals surface area contributed by atoms with Gasteiger partial charge in [-0.05, 0) is 12.5 Å². The zero-order valence-electron chi connectivity index (χ0n) is 9.53. The monoisotopic (exact) mass is 225 g/mol. The van der Waals surface area contributed by atoms with E-state index in [0.717, 1.165) is 0 Å². The molecule has 16 heavy (non-hydrogen) atoms. The molecule has 1 aromatic carbocycles. The SMILES string of the molecule is CCc1c(C(N)=O)cc(OC)c(O)c1OC. The largest absolute Gasteiger partial charge is 0.502 e. The normalized spacial score (nSPS) is 9.94. The van der Waals surface area contributed by atoms with Gasteiger partial charge in [0.2, 0.25) is 11.7 Å². The number of nitrogens with two attached hydrogens (primary N) is 1. The maximum absolute atomic E-state index is 11.3. The lowest BCUT2D eigenvalue weighted by Gasteiger charge is -2.15. The maximum atomic E-state index is 11.3. The summed E-state index contributed by atoms with van der Waals surface area (Å²) in [5.74, 6) is -0.293. The third-order valence-corrected chi connectivity index (χ3v) is 2.37. The van der Waals surface area contributed by atoms with Crippen molar-refractivity contribution in [2.75, 3.05) is 14.2 Å². The Kier molecular flexibility index (Phi) is 3.60. The number of phenolic OH excluding ortho intramolecular Hbond substituents is 1. The summed E-state index contributed by atoms with van der Waals surface area (Å²) in [5, 5.41) is 9.80. The van der Waals surface area contributed by atoms with Crippen LogP contribution in [0.3, 0.4) is 0 Å². The number of aromatic hydroxyl groups is 1. The minimum absolute atomic E-state index is 0.119. The summed E-state index contributed by atoms with van der Waals surface area (Å²) in [6.45, 7) is 1.84. The molecule has 0 fully saturated rings. The van der Waals surface area contributed by atoms with Crippen molar-refractivity contribution in [1.29, 1.82) is 0 Å². The molecule has 0 aliphatic rings. The summed E-state index contributed by atoms with van der Waals surface area (Å²) >= 11 is 0. The van der Waals surface area contributed by atoms with E-state index in [2.05, 4.69) is 0 Å². The lowest BCUT2D eigenvalue weighted by atomic mass is 10.0. The zero-order chi connectivity index (χ0) is 12.3. The van der Waals surface area contributed by atoms with Crippen LogP contribution in [0.15, 0.2) is 6.07 Å².